The third-order valence-electron chi connectivity index (χ3n) is 7.60. The van der Waals surface area contributed by atoms with E-state index in [1.165, 1.54) is 18.2 Å². The Kier molecular flexibility index (Phi) is 7.32. The van der Waals surface area contributed by atoms with E-state index in [1.54, 1.807) is 46.8 Å². The number of aryl methyl sites for hydroxylation is 1. The van der Waals surface area contributed by atoms with Crippen LogP contribution in [-0.2, 0) is 13.6 Å². The Morgan fingerprint density at radius 1 is 1.19 bits per heavy atom. The lowest BCUT2D eigenvalue weighted by atomic mass is 9.97. The van der Waals surface area contributed by atoms with E-state index in [4.69, 9.17) is 4.74 Å². The minimum atomic E-state index is -4.49. The second kappa shape index (κ2) is 10.5. The average Bonchev–Trinajstić information content (AvgIpc) is 3.43. The van der Waals surface area contributed by atoms with Crippen LogP contribution in [0.4, 0.5) is 18.0 Å². The molecule has 224 valence electrons. The van der Waals surface area contributed by atoms with E-state index in [0.717, 1.165) is 4.57 Å². The number of methoxy groups -OCH3 is 1. The normalized spacial score (nSPS) is 16.3. The van der Waals surface area contributed by atoms with Gasteiger partial charge in [0.25, 0.3) is 5.91 Å². The first-order valence-electron chi connectivity index (χ1n) is 13.6. The Labute approximate surface area is 240 Å². The van der Waals surface area contributed by atoms with E-state index < -0.39 is 24.4 Å². The largest absolute Gasteiger partial charge is 0.494 e. The van der Waals surface area contributed by atoms with Crippen LogP contribution in [0, 0.1) is 0 Å². The summed E-state index contributed by atoms with van der Waals surface area (Å²) in [4.78, 5) is 37.7. The lowest BCUT2D eigenvalue weighted by Crippen LogP contribution is -2.57. The molecule has 4 heterocycles. The molecule has 1 atom stereocenters. The van der Waals surface area contributed by atoms with Crippen molar-refractivity contribution >= 4 is 34.1 Å². The number of hydrogen-bond donors (Lipinski definition) is 1. The topological polar surface area (TPSA) is 106 Å². The Hall–Kier alpha value is -4.29. The summed E-state index contributed by atoms with van der Waals surface area (Å²) in [5.41, 5.74) is 0.956. The predicted octanol–water partition coefficient (Wildman–Crippen LogP) is 5.54. The summed E-state index contributed by atoms with van der Waals surface area (Å²) in [5, 5.41) is 10.4. The van der Waals surface area contributed by atoms with Crippen molar-refractivity contribution in [2.75, 3.05) is 20.2 Å². The van der Waals surface area contributed by atoms with Crippen LogP contribution in [-0.4, -0.2) is 84.0 Å². The highest BCUT2D eigenvalue weighted by atomic mass is 19.4. The number of amides is 2. The van der Waals surface area contributed by atoms with E-state index >= 15 is 0 Å². The molecule has 1 aliphatic rings. The molecule has 0 radical (unpaired) electrons. The summed E-state index contributed by atoms with van der Waals surface area (Å²) in [6.45, 7) is 4.92. The van der Waals surface area contributed by atoms with Gasteiger partial charge in [-0.05, 0) is 63.9 Å². The maximum atomic E-state index is 13.7. The lowest BCUT2D eigenvalue weighted by molar-refractivity contribution is -0.139. The summed E-state index contributed by atoms with van der Waals surface area (Å²) < 4.78 is 49.2. The number of carbonyl (C=O) groups excluding carboxylic acids is 1. The van der Waals surface area contributed by atoms with Gasteiger partial charge < -0.3 is 23.9 Å². The molecule has 4 aromatic rings. The van der Waals surface area contributed by atoms with Crippen LogP contribution in [0.2, 0.25) is 0 Å². The number of carbonyl (C=O) groups is 2. The van der Waals surface area contributed by atoms with Crippen LogP contribution < -0.4 is 4.74 Å². The molecule has 1 saturated heterocycles. The molecule has 0 saturated carbocycles. The molecular weight excluding hydrogens is 553 g/mol. The van der Waals surface area contributed by atoms with Gasteiger partial charge in [-0.2, -0.15) is 13.2 Å². The molecule has 10 nitrogen and oxygen atoms in total. The molecular formula is C29H33F3N6O4. The van der Waals surface area contributed by atoms with E-state index in [-0.39, 0.29) is 35.7 Å². The molecule has 0 bridgehead atoms. The quantitative estimate of drug-likeness (QED) is 0.329. The highest BCUT2D eigenvalue weighted by Crippen LogP contribution is 2.35. The number of piperidine rings is 1. The van der Waals surface area contributed by atoms with Gasteiger partial charge in [-0.25, -0.2) is 14.8 Å². The number of pyridine rings is 1. The summed E-state index contributed by atoms with van der Waals surface area (Å²) in [6, 6.07) is 7.78. The fourth-order valence-corrected chi connectivity index (χ4v) is 5.95. The molecule has 1 fully saturated rings. The molecule has 13 heteroatoms. The zero-order valence-corrected chi connectivity index (χ0v) is 24.1. The van der Waals surface area contributed by atoms with E-state index in [0.29, 0.717) is 47.1 Å². The van der Waals surface area contributed by atoms with Crippen LogP contribution >= 0.6 is 0 Å². The van der Waals surface area contributed by atoms with Gasteiger partial charge in [-0.1, -0.05) is 0 Å². The standard InChI is InChI=1S/C29H33F3N6O4/c1-28(2,3)38(27(40)41)19-9-7-11-36(15-19)26(39)18-12-20-23(22(14-18)42-5)35(4)25(34-20)21-13-17-8-6-10-33-24(17)37(21)16-29(30,31)32/h6,8,10,12-14,19H,7,9,11,15-16H2,1-5H3,(H,40,41). The van der Waals surface area contributed by atoms with E-state index in [2.05, 4.69) is 9.97 Å². The van der Waals surface area contributed by atoms with Crippen LogP contribution in [0.15, 0.2) is 36.5 Å². The number of nitrogens with zero attached hydrogens (tertiary/aromatic N) is 6. The number of carboxylic acid groups (broad SMARTS) is 1. The Balaban J connectivity index is 1.55. The third kappa shape index (κ3) is 5.35. The van der Waals surface area contributed by atoms with Crippen molar-refractivity contribution < 1.29 is 32.6 Å². The number of benzene rings is 1. The van der Waals surface area contributed by atoms with Crippen molar-refractivity contribution in [3.05, 3.63) is 42.1 Å². The highest BCUT2D eigenvalue weighted by Gasteiger charge is 2.37. The summed E-state index contributed by atoms with van der Waals surface area (Å²) in [7, 11) is 3.13. The highest BCUT2D eigenvalue weighted by molar-refractivity contribution is 6.00. The van der Waals surface area contributed by atoms with Gasteiger partial charge in [0.1, 0.15) is 23.5 Å². The Bertz CT molecular complexity index is 1670. The van der Waals surface area contributed by atoms with Crippen molar-refractivity contribution in [3.63, 3.8) is 0 Å². The SMILES string of the molecule is COc1cc(C(=O)N2CCCC(N(C(=O)O)C(C)(C)C)C2)cc2nc(-c3cc4cccnc4n3CC(F)(F)F)n(C)c12. The zero-order chi connectivity index (χ0) is 30.6. The molecule has 2 amide bonds. The lowest BCUT2D eigenvalue weighted by Gasteiger charge is -2.44. The molecule has 1 N–H and O–H groups in total. The monoisotopic (exact) mass is 586 g/mol. The maximum Gasteiger partial charge on any atom is 0.408 e. The summed E-state index contributed by atoms with van der Waals surface area (Å²) in [5.74, 6) is 0.293. The fourth-order valence-electron chi connectivity index (χ4n) is 5.95. The first kappa shape index (κ1) is 29.2. The van der Waals surface area contributed by atoms with Crippen LogP contribution in [0.5, 0.6) is 5.75 Å². The van der Waals surface area contributed by atoms with Gasteiger partial charge in [-0.3, -0.25) is 9.69 Å². The Morgan fingerprint density at radius 3 is 2.57 bits per heavy atom. The number of aromatic nitrogens is 4. The number of hydrogen-bond acceptors (Lipinski definition) is 5. The molecule has 3 aromatic heterocycles. The van der Waals surface area contributed by atoms with Crippen molar-refractivity contribution in [1.29, 1.82) is 0 Å². The minimum absolute atomic E-state index is 0.185. The number of rotatable bonds is 5. The fraction of sp³-hybridized carbons (Fsp3) is 0.448. The molecule has 1 aromatic carbocycles. The van der Waals surface area contributed by atoms with Crippen LogP contribution in [0.1, 0.15) is 44.0 Å². The molecule has 5 rings (SSSR count). The number of fused-ring (bicyclic) bond motifs is 2. The average molecular weight is 587 g/mol. The second-order valence-corrected chi connectivity index (χ2v) is 11.6. The van der Waals surface area contributed by atoms with Crippen molar-refractivity contribution in [1.82, 2.24) is 28.9 Å². The third-order valence-corrected chi connectivity index (χ3v) is 7.60. The first-order chi connectivity index (χ1) is 19.7. The van der Waals surface area contributed by atoms with Gasteiger partial charge in [0.2, 0.25) is 0 Å². The molecule has 0 aliphatic carbocycles. The number of ether oxygens (including phenoxy) is 1. The second-order valence-electron chi connectivity index (χ2n) is 11.6. The van der Waals surface area contributed by atoms with Gasteiger partial charge in [-0.15, -0.1) is 0 Å². The molecule has 0 spiro atoms. The molecule has 1 unspecified atom stereocenters. The van der Waals surface area contributed by atoms with E-state index in [9.17, 15) is 27.9 Å². The van der Waals surface area contributed by atoms with Crippen molar-refractivity contribution in [2.45, 2.75) is 57.9 Å². The molecule has 42 heavy (non-hydrogen) atoms. The van der Waals surface area contributed by atoms with Gasteiger partial charge in [0.15, 0.2) is 5.82 Å². The molecule has 1 aliphatic heterocycles. The number of alkyl halides is 3. The maximum absolute atomic E-state index is 13.7. The van der Waals surface area contributed by atoms with Gasteiger partial charge in [0.05, 0.1) is 24.4 Å². The van der Waals surface area contributed by atoms with Crippen LogP contribution in [0.25, 0.3) is 33.6 Å². The smallest absolute Gasteiger partial charge is 0.408 e. The summed E-state index contributed by atoms with van der Waals surface area (Å²) in [6.07, 6.45) is -2.81. The number of likely N-dealkylation sites (tertiary alicyclic amines) is 1. The minimum Gasteiger partial charge on any atom is -0.494 e. The number of halogens is 3. The number of imidazole rings is 1. The van der Waals surface area contributed by atoms with Gasteiger partial charge in [0, 0.05) is 42.8 Å². The van der Waals surface area contributed by atoms with Crippen LogP contribution in [0.3, 0.4) is 0 Å². The first-order valence-corrected chi connectivity index (χ1v) is 13.6. The van der Waals surface area contributed by atoms with E-state index in [1.807, 2.05) is 20.8 Å². The summed E-state index contributed by atoms with van der Waals surface area (Å²) >= 11 is 0. The Morgan fingerprint density at radius 2 is 1.93 bits per heavy atom. The van der Waals surface area contributed by atoms with Gasteiger partial charge >= 0.3 is 12.3 Å². The zero-order valence-electron chi connectivity index (χ0n) is 24.1. The predicted molar refractivity (Wildman–Crippen MR) is 151 cm³/mol. The van der Waals surface area contributed by atoms with Crippen molar-refractivity contribution in [2.24, 2.45) is 7.05 Å². The van der Waals surface area contributed by atoms with Crippen molar-refractivity contribution in [3.8, 4) is 17.3 Å².